The number of anilines is 1. The van der Waals surface area contributed by atoms with Gasteiger partial charge in [0.25, 0.3) is 5.91 Å². The minimum absolute atomic E-state index is 0.199. The number of hydrogen-bond donors (Lipinski definition) is 2. The van der Waals surface area contributed by atoms with Gasteiger partial charge in [0, 0.05) is 32.4 Å². The second-order valence-corrected chi connectivity index (χ2v) is 3.80. The number of aromatic nitrogens is 1. The predicted octanol–water partition coefficient (Wildman–Crippen LogP) is 0.193. The molecule has 18 heavy (non-hydrogen) atoms. The highest BCUT2D eigenvalue weighted by molar-refractivity contribution is 5.96. The van der Waals surface area contributed by atoms with E-state index >= 15 is 0 Å². The molecule has 1 rings (SSSR count). The van der Waals surface area contributed by atoms with E-state index in [9.17, 15) is 9.59 Å². The summed E-state index contributed by atoms with van der Waals surface area (Å²) < 4.78 is 0. The van der Waals surface area contributed by atoms with E-state index in [-0.39, 0.29) is 6.03 Å². The molecule has 3 N–H and O–H groups in total. The number of nitrogens with one attached hydrogen (secondary N) is 1. The van der Waals surface area contributed by atoms with Gasteiger partial charge in [-0.25, -0.2) is 15.6 Å². The number of nitrogen functional groups attached to an aromatic ring is 1. The number of hydrogen-bond acceptors (Lipinski definition) is 4. The summed E-state index contributed by atoms with van der Waals surface area (Å²) in [5, 5.41) is 0. The number of urea groups is 1. The van der Waals surface area contributed by atoms with E-state index in [0.29, 0.717) is 17.9 Å². The number of nitrogens with zero attached hydrogens (tertiary/aromatic N) is 3. The Labute approximate surface area is 106 Å². The molecule has 1 heterocycles. The first-order valence-corrected chi connectivity index (χ1v) is 5.47. The summed E-state index contributed by atoms with van der Waals surface area (Å²) in [6.45, 7) is 2.29. The quantitative estimate of drug-likeness (QED) is 0.456. The maximum atomic E-state index is 11.9. The summed E-state index contributed by atoms with van der Waals surface area (Å²) in [7, 11) is 3.31. The molecule has 3 amide bonds. The van der Waals surface area contributed by atoms with Gasteiger partial charge >= 0.3 is 6.03 Å². The highest BCUT2D eigenvalue weighted by atomic mass is 16.2. The Kier molecular flexibility index (Phi) is 4.61. The molecule has 0 bridgehead atoms. The number of carbonyl (C=O) groups excluding carboxylic acids is 2. The molecule has 0 unspecified atom stereocenters. The van der Waals surface area contributed by atoms with E-state index in [4.69, 9.17) is 5.84 Å². The van der Waals surface area contributed by atoms with E-state index in [1.807, 2.05) is 12.3 Å². The van der Waals surface area contributed by atoms with Crippen molar-refractivity contribution in [1.82, 2.24) is 15.3 Å². The lowest BCUT2D eigenvalue weighted by Crippen LogP contribution is -2.39. The van der Waals surface area contributed by atoms with E-state index in [1.165, 1.54) is 28.1 Å². The molecule has 0 aliphatic carbocycles. The zero-order chi connectivity index (χ0) is 13.7. The summed E-state index contributed by atoms with van der Waals surface area (Å²) in [5.41, 5.74) is 2.39. The van der Waals surface area contributed by atoms with Crippen molar-refractivity contribution < 1.29 is 9.59 Å². The van der Waals surface area contributed by atoms with Crippen molar-refractivity contribution in [1.29, 1.82) is 0 Å². The van der Waals surface area contributed by atoms with Crippen LogP contribution in [0.2, 0.25) is 0 Å². The largest absolute Gasteiger partial charge is 0.330 e. The van der Waals surface area contributed by atoms with Crippen molar-refractivity contribution in [3.63, 3.8) is 0 Å². The molecule has 0 saturated carbocycles. The van der Waals surface area contributed by atoms with Gasteiger partial charge in [-0.2, -0.15) is 0 Å². The van der Waals surface area contributed by atoms with Gasteiger partial charge in [-0.3, -0.25) is 15.1 Å². The third-order valence-electron chi connectivity index (χ3n) is 2.35. The maximum absolute atomic E-state index is 11.9. The van der Waals surface area contributed by atoms with Crippen molar-refractivity contribution in [3.05, 3.63) is 23.9 Å². The van der Waals surface area contributed by atoms with Gasteiger partial charge in [-0.15, -0.1) is 0 Å². The fourth-order valence-electron chi connectivity index (χ4n) is 1.43. The standard InChI is InChI=1S/C11H17N5O2/c1-4-16(11(18)15(2)3)9-7-8(5-6-13-9)10(17)14-12/h5-7H,4,12H2,1-3H3,(H,14,17). The first kappa shape index (κ1) is 13.9. The van der Waals surface area contributed by atoms with Crippen LogP contribution < -0.4 is 16.2 Å². The lowest BCUT2D eigenvalue weighted by atomic mass is 10.2. The highest BCUT2D eigenvalue weighted by Crippen LogP contribution is 2.13. The van der Waals surface area contributed by atoms with E-state index in [2.05, 4.69) is 4.98 Å². The first-order valence-electron chi connectivity index (χ1n) is 5.47. The van der Waals surface area contributed by atoms with Crippen LogP contribution in [0, 0.1) is 0 Å². The maximum Gasteiger partial charge on any atom is 0.325 e. The van der Waals surface area contributed by atoms with Crippen LogP contribution in [0.5, 0.6) is 0 Å². The van der Waals surface area contributed by atoms with Gasteiger partial charge < -0.3 is 4.90 Å². The van der Waals surface area contributed by atoms with E-state index in [0.717, 1.165) is 0 Å². The van der Waals surface area contributed by atoms with Crippen LogP contribution in [0.1, 0.15) is 17.3 Å². The zero-order valence-electron chi connectivity index (χ0n) is 10.7. The Morgan fingerprint density at radius 3 is 2.61 bits per heavy atom. The molecule has 0 aliphatic heterocycles. The minimum atomic E-state index is -0.424. The average Bonchev–Trinajstić information content (AvgIpc) is 2.38. The van der Waals surface area contributed by atoms with Crippen LogP contribution in [-0.2, 0) is 0 Å². The molecular weight excluding hydrogens is 234 g/mol. The van der Waals surface area contributed by atoms with Gasteiger partial charge in [0.2, 0.25) is 0 Å². The smallest absolute Gasteiger partial charge is 0.325 e. The second kappa shape index (κ2) is 5.97. The molecule has 0 saturated heterocycles. The summed E-state index contributed by atoms with van der Waals surface area (Å²) in [5.74, 6) is 5.05. The average molecular weight is 251 g/mol. The third kappa shape index (κ3) is 2.95. The van der Waals surface area contributed by atoms with Crippen LogP contribution in [0.25, 0.3) is 0 Å². The number of pyridine rings is 1. The Bertz CT molecular complexity index is 447. The van der Waals surface area contributed by atoms with Gasteiger partial charge in [0.1, 0.15) is 5.82 Å². The molecule has 7 nitrogen and oxygen atoms in total. The molecule has 1 aromatic heterocycles. The fourth-order valence-corrected chi connectivity index (χ4v) is 1.43. The van der Waals surface area contributed by atoms with E-state index < -0.39 is 5.91 Å². The Hall–Kier alpha value is -2.15. The van der Waals surface area contributed by atoms with Gasteiger partial charge in [-0.1, -0.05) is 0 Å². The predicted molar refractivity (Wildman–Crippen MR) is 68.0 cm³/mol. The fraction of sp³-hybridized carbons (Fsp3) is 0.364. The summed E-state index contributed by atoms with van der Waals surface area (Å²) in [6, 6.07) is 2.85. The van der Waals surface area contributed by atoms with Crippen LogP contribution >= 0.6 is 0 Å². The van der Waals surface area contributed by atoms with Gasteiger partial charge in [0.15, 0.2) is 0 Å². The molecule has 0 radical (unpaired) electrons. The normalized spacial score (nSPS) is 9.78. The summed E-state index contributed by atoms with van der Waals surface area (Å²) in [6.07, 6.45) is 1.46. The van der Waals surface area contributed by atoms with E-state index in [1.54, 1.807) is 14.1 Å². The third-order valence-corrected chi connectivity index (χ3v) is 2.35. The first-order chi connectivity index (χ1) is 8.51. The second-order valence-electron chi connectivity index (χ2n) is 3.80. The molecule has 0 atom stereocenters. The molecule has 7 heteroatoms. The molecule has 1 aromatic rings. The molecule has 98 valence electrons. The number of rotatable bonds is 3. The van der Waals surface area contributed by atoms with Crippen LogP contribution in [0.15, 0.2) is 18.3 Å². The molecule has 0 aliphatic rings. The molecule has 0 fully saturated rings. The summed E-state index contributed by atoms with van der Waals surface area (Å²) in [4.78, 5) is 30.3. The van der Waals surface area contributed by atoms with Crippen LogP contribution in [-0.4, -0.2) is 42.5 Å². The molecule has 0 spiro atoms. The number of amides is 3. The van der Waals surface area contributed by atoms with Gasteiger partial charge in [-0.05, 0) is 19.1 Å². The number of nitrogens with two attached hydrogens (primary N) is 1. The SMILES string of the molecule is CCN(C(=O)N(C)C)c1cc(C(=O)NN)ccn1. The molecule has 0 aromatic carbocycles. The highest BCUT2D eigenvalue weighted by Gasteiger charge is 2.17. The van der Waals surface area contributed by atoms with Gasteiger partial charge in [0.05, 0.1) is 0 Å². The zero-order valence-corrected chi connectivity index (χ0v) is 10.7. The lowest BCUT2D eigenvalue weighted by Gasteiger charge is -2.24. The van der Waals surface area contributed by atoms with Crippen molar-refractivity contribution in [3.8, 4) is 0 Å². The molecular formula is C11H17N5O2. The van der Waals surface area contributed by atoms with Crippen molar-refractivity contribution in [2.75, 3.05) is 25.5 Å². The number of hydrazine groups is 1. The monoisotopic (exact) mass is 251 g/mol. The van der Waals surface area contributed by atoms with Crippen molar-refractivity contribution >= 4 is 17.8 Å². The Morgan fingerprint density at radius 2 is 2.11 bits per heavy atom. The topological polar surface area (TPSA) is 91.6 Å². The van der Waals surface area contributed by atoms with Crippen molar-refractivity contribution in [2.45, 2.75) is 6.92 Å². The Balaban J connectivity index is 3.07. The Morgan fingerprint density at radius 1 is 1.44 bits per heavy atom. The lowest BCUT2D eigenvalue weighted by molar-refractivity contribution is 0.0953. The van der Waals surface area contributed by atoms with Crippen LogP contribution in [0.4, 0.5) is 10.6 Å². The summed E-state index contributed by atoms with van der Waals surface area (Å²) >= 11 is 0. The van der Waals surface area contributed by atoms with Crippen molar-refractivity contribution in [2.24, 2.45) is 5.84 Å². The minimum Gasteiger partial charge on any atom is -0.330 e. The van der Waals surface area contributed by atoms with Crippen LogP contribution in [0.3, 0.4) is 0 Å². The number of carbonyl (C=O) groups is 2.